The first-order chi connectivity index (χ1) is 9.24. The van der Waals surface area contributed by atoms with Crippen molar-refractivity contribution in [1.29, 1.82) is 0 Å². The fraction of sp³-hybridized carbons (Fsp3) is 0.750. The summed E-state index contributed by atoms with van der Waals surface area (Å²) in [7, 11) is 2.13. The molecule has 2 heterocycles. The molecule has 1 aliphatic rings. The summed E-state index contributed by atoms with van der Waals surface area (Å²) < 4.78 is 1.71. The second-order valence-electron chi connectivity index (χ2n) is 4.95. The molecule has 0 atom stereocenters. The molecule has 0 spiro atoms. The summed E-state index contributed by atoms with van der Waals surface area (Å²) >= 11 is 0. The van der Waals surface area contributed by atoms with Crippen LogP contribution in [0.4, 0.5) is 0 Å². The van der Waals surface area contributed by atoms with E-state index in [0.717, 1.165) is 32.6 Å². The van der Waals surface area contributed by atoms with E-state index in [1.807, 2.05) is 0 Å². The minimum atomic E-state index is 0.0877. The van der Waals surface area contributed by atoms with Gasteiger partial charge < -0.3 is 10.2 Å². The number of carbonyl (C=O) groups excluding carboxylic acids is 1. The van der Waals surface area contributed by atoms with Gasteiger partial charge in [-0.25, -0.2) is 0 Å². The van der Waals surface area contributed by atoms with Gasteiger partial charge in [-0.05, 0) is 26.6 Å². The normalized spacial score (nSPS) is 18.2. The molecule has 0 aliphatic carbocycles. The first-order valence-electron chi connectivity index (χ1n) is 6.76. The minimum Gasteiger partial charge on any atom is -0.353 e. The molecule has 0 unspecified atom stereocenters. The van der Waals surface area contributed by atoms with Gasteiger partial charge in [-0.15, -0.1) is 5.10 Å². The Morgan fingerprint density at radius 2 is 2.21 bits per heavy atom. The molecule has 0 bridgehead atoms. The predicted octanol–water partition coefficient (Wildman–Crippen LogP) is -0.968. The SMILES string of the molecule is CN1CCCN(CC(=O)NCCn2ccnn2)CC1. The second-order valence-corrected chi connectivity index (χ2v) is 4.95. The number of nitrogens with one attached hydrogen (secondary N) is 1. The van der Waals surface area contributed by atoms with Crippen LogP contribution in [0, 0.1) is 0 Å². The number of hydrogen-bond donors (Lipinski definition) is 1. The van der Waals surface area contributed by atoms with Crippen LogP contribution in [-0.2, 0) is 11.3 Å². The van der Waals surface area contributed by atoms with Crippen LogP contribution in [0.1, 0.15) is 6.42 Å². The first-order valence-corrected chi connectivity index (χ1v) is 6.76. The van der Waals surface area contributed by atoms with Gasteiger partial charge in [0, 0.05) is 25.8 Å². The first kappa shape index (κ1) is 14.0. The van der Waals surface area contributed by atoms with Crippen molar-refractivity contribution >= 4 is 5.91 Å². The highest BCUT2D eigenvalue weighted by atomic mass is 16.2. The Kier molecular flexibility index (Phi) is 5.29. The number of amides is 1. The van der Waals surface area contributed by atoms with Gasteiger partial charge in [0.2, 0.25) is 5.91 Å². The summed E-state index contributed by atoms with van der Waals surface area (Å²) in [6, 6.07) is 0. The third-order valence-corrected chi connectivity index (χ3v) is 3.31. The van der Waals surface area contributed by atoms with E-state index in [1.165, 1.54) is 0 Å². The molecule has 1 aromatic heterocycles. The molecule has 1 N–H and O–H groups in total. The maximum atomic E-state index is 11.8. The molecule has 0 radical (unpaired) electrons. The third kappa shape index (κ3) is 4.96. The van der Waals surface area contributed by atoms with Crippen LogP contribution in [-0.4, -0.2) is 77.0 Å². The lowest BCUT2D eigenvalue weighted by Gasteiger charge is -2.19. The number of hydrogen-bond acceptors (Lipinski definition) is 5. The highest BCUT2D eigenvalue weighted by Crippen LogP contribution is 2.00. The van der Waals surface area contributed by atoms with Gasteiger partial charge in [-0.1, -0.05) is 5.21 Å². The zero-order chi connectivity index (χ0) is 13.5. The van der Waals surface area contributed by atoms with E-state index >= 15 is 0 Å². The lowest BCUT2D eigenvalue weighted by molar-refractivity contribution is -0.122. The Hall–Kier alpha value is -1.47. The van der Waals surface area contributed by atoms with Gasteiger partial charge in [-0.3, -0.25) is 14.4 Å². The van der Waals surface area contributed by atoms with E-state index < -0.39 is 0 Å². The average Bonchev–Trinajstić information content (AvgIpc) is 2.81. The van der Waals surface area contributed by atoms with Gasteiger partial charge in [-0.2, -0.15) is 0 Å². The van der Waals surface area contributed by atoms with Gasteiger partial charge in [0.1, 0.15) is 0 Å². The van der Waals surface area contributed by atoms with Gasteiger partial charge in [0.05, 0.1) is 19.3 Å². The van der Waals surface area contributed by atoms with Crippen molar-refractivity contribution in [3.63, 3.8) is 0 Å². The second kappa shape index (κ2) is 7.20. The Balaban J connectivity index is 1.63. The zero-order valence-corrected chi connectivity index (χ0v) is 11.5. The lowest BCUT2D eigenvalue weighted by atomic mass is 10.4. The Bertz CT molecular complexity index is 380. The van der Waals surface area contributed by atoms with Crippen molar-refractivity contribution in [2.24, 2.45) is 0 Å². The summed E-state index contributed by atoms with van der Waals surface area (Å²) in [5.41, 5.74) is 0. The fourth-order valence-electron chi connectivity index (χ4n) is 2.18. The number of nitrogens with zero attached hydrogens (tertiary/aromatic N) is 5. The van der Waals surface area contributed by atoms with E-state index in [1.54, 1.807) is 17.1 Å². The van der Waals surface area contributed by atoms with E-state index in [9.17, 15) is 4.79 Å². The van der Waals surface area contributed by atoms with Gasteiger partial charge in [0.25, 0.3) is 0 Å². The molecule has 0 saturated carbocycles. The van der Waals surface area contributed by atoms with Gasteiger partial charge in [0.15, 0.2) is 0 Å². The maximum Gasteiger partial charge on any atom is 0.234 e. The minimum absolute atomic E-state index is 0.0877. The summed E-state index contributed by atoms with van der Waals surface area (Å²) in [6.07, 6.45) is 4.55. The predicted molar refractivity (Wildman–Crippen MR) is 71.6 cm³/mol. The molecule has 1 amide bonds. The van der Waals surface area contributed by atoms with Gasteiger partial charge >= 0.3 is 0 Å². The van der Waals surface area contributed by atoms with Crippen LogP contribution in [0.3, 0.4) is 0 Å². The third-order valence-electron chi connectivity index (χ3n) is 3.31. The molecule has 19 heavy (non-hydrogen) atoms. The van der Waals surface area contributed by atoms with Crippen LogP contribution >= 0.6 is 0 Å². The Morgan fingerprint density at radius 3 is 3.00 bits per heavy atom. The lowest BCUT2D eigenvalue weighted by Crippen LogP contribution is -2.40. The summed E-state index contributed by atoms with van der Waals surface area (Å²) in [5, 5.41) is 10.5. The maximum absolute atomic E-state index is 11.8. The Morgan fingerprint density at radius 1 is 1.32 bits per heavy atom. The zero-order valence-electron chi connectivity index (χ0n) is 11.5. The fourth-order valence-corrected chi connectivity index (χ4v) is 2.18. The molecule has 106 valence electrons. The Labute approximate surface area is 113 Å². The highest BCUT2D eigenvalue weighted by molar-refractivity contribution is 5.77. The van der Waals surface area contributed by atoms with Crippen LogP contribution in [0.5, 0.6) is 0 Å². The molecular weight excluding hydrogens is 244 g/mol. The van der Waals surface area contributed by atoms with E-state index in [4.69, 9.17) is 0 Å². The van der Waals surface area contributed by atoms with Crippen molar-refractivity contribution in [2.45, 2.75) is 13.0 Å². The van der Waals surface area contributed by atoms with E-state index in [-0.39, 0.29) is 5.91 Å². The number of likely N-dealkylation sites (N-methyl/N-ethyl adjacent to an activating group) is 1. The number of aromatic nitrogens is 3. The topological polar surface area (TPSA) is 66.3 Å². The summed E-state index contributed by atoms with van der Waals surface area (Å²) in [4.78, 5) is 16.3. The molecule has 1 aromatic rings. The smallest absolute Gasteiger partial charge is 0.234 e. The van der Waals surface area contributed by atoms with E-state index in [0.29, 0.717) is 19.6 Å². The van der Waals surface area contributed by atoms with Crippen molar-refractivity contribution in [3.05, 3.63) is 12.4 Å². The van der Waals surface area contributed by atoms with Crippen molar-refractivity contribution in [2.75, 3.05) is 46.3 Å². The van der Waals surface area contributed by atoms with Crippen LogP contribution in [0.15, 0.2) is 12.4 Å². The molecule has 1 saturated heterocycles. The summed E-state index contributed by atoms with van der Waals surface area (Å²) in [5.74, 6) is 0.0877. The molecule has 1 aliphatic heterocycles. The van der Waals surface area contributed by atoms with Crippen molar-refractivity contribution < 1.29 is 4.79 Å². The molecule has 0 aromatic carbocycles. The average molecular weight is 266 g/mol. The van der Waals surface area contributed by atoms with Crippen LogP contribution in [0.2, 0.25) is 0 Å². The van der Waals surface area contributed by atoms with Crippen molar-refractivity contribution in [3.8, 4) is 0 Å². The molecule has 2 rings (SSSR count). The number of rotatable bonds is 5. The largest absolute Gasteiger partial charge is 0.353 e. The molecule has 1 fully saturated rings. The van der Waals surface area contributed by atoms with Crippen LogP contribution in [0.25, 0.3) is 0 Å². The molecule has 7 nitrogen and oxygen atoms in total. The summed E-state index contributed by atoms with van der Waals surface area (Å²) in [6.45, 7) is 5.86. The van der Waals surface area contributed by atoms with Crippen LogP contribution < -0.4 is 5.32 Å². The van der Waals surface area contributed by atoms with E-state index in [2.05, 4.69) is 32.5 Å². The number of carbonyl (C=O) groups is 1. The molecule has 7 heteroatoms. The standard InChI is InChI=1S/C12H22N6O/c1-16-5-2-6-17(10-9-16)11-12(19)13-3-7-18-8-4-14-15-18/h4,8H,2-3,5-7,9-11H2,1H3,(H,13,19). The molecular formula is C12H22N6O. The quantitative estimate of drug-likeness (QED) is 0.743. The van der Waals surface area contributed by atoms with Crippen molar-refractivity contribution in [1.82, 2.24) is 30.1 Å². The highest BCUT2D eigenvalue weighted by Gasteiger charge is 2.14. The monoisotopic (exact) mass is 266 g/mol.